The lowest BCUT2D eigenvalue weighted by Crippen LogP contribution is -2.12. The largest absolute Gasteiger partial charge is 0.374 e. The maximum atomic E-state index is 13.1. The Morgan fingerprint density at radius 1 is 1.50 bits per heavy atom. The lowest BCUT2D eigenvalue weighted by Gasteiger charge is -2.11. The minimum Gasteiger partial charge on any atom is -0.374 e. The zero-order valence-electron chi connectivity index (χ0n) is 6.77. The second-order valence-electron chi connectivity index (χ2n) is 3.07. The van der Waals surface area contributed by atoms with Crippen molar-refractivity contribution in [2.75, 3.05) is 18.5 Å². The molecule has 0 atom stereocenters. The van der Waals surface area contributed by atoms with Crippen molar-refractivity contribution in [1.82, 2.24) is 0 Å². The van der Waals surface area contributed by atoms with Crippen LogP contribution in [0.3, 0.4) is 0 Å². The smallest absolute Gasteiger partial charge is 0.139 e. The average molecular weight is 230 g/mol. The van der Waals surface area contributed by atoms with E-state index in [1.54, 1.807) is 6.07 Å². The number of rotatable bonds is 0. The average Bonchev–Trinajstić information content (AvgIpc) is 2.35. The van der Waals surface area contributed by atoms with Gasteiger partial charge in [-0.1, -0.05) is 0 Å². The Labute approximate surface area is 79.3 Å². The number of likely N-dealkylation sites (N-methyl/N-ethyl adjacent to an activating group) is 1. The highest BCUT2D eigenvalue weighted by molar-refractivity contribution is 9.10. The van der Waals surface area contributed by atoms with Crippen molar-refractivity contribution in [3.8, 4) is 0 Å². The van der Waals surface area contributed by atoms with Crippen molar-refractivity contribution >= 4 is 21.6 Å². The first-order chi connectivity index (χ1) is 5.68. The molecule has 0 saturated carbocycles. The van der Waals surface area contributed by atoms with Gasteiger partial charge in [0.1, 0.15) is 5.82 Å². The Balaban J connectivity index is 2.56. The fourth-order valence-corrected chi connectivity index (χ4v) is 1.93. The summed E-state index contributed by atoms with van der Waals surface area (Å²) in [7, 11) is 1.99. The zero-order chi connectivity index (χ0) is 8.72. The summed E-state index contributed by atoms with van der Waals surface area (Å²) in [5.74, 6) is -0.178. The van der Waals surface area contributed by atoms with Gasteiger partial charge in [-0.2, -0.15) is 0 Å². The van der Waals surface area contributed by atoms with Gasteiger partial charge in [0.15, 0.2) is 0 Å². The second-order valence-corrected chi connectivity index (χ2v) is 3.92. The lowest BCUT2D eigenvalue weighted by molar-refractivity contribution is 0.621. The van der Waals surface area contributed by atoms with Gasteiger partial charge in [0.2, 0.25) is 0 Å². The van der Waals surface area contributed by atoms with E-state index in [0.717, 1.165) is 18.7 Å². The van der Waals surface area contributed by atoms with Crippen LogP contribution in [0.1, 0.15) is 5.56 Å². The molecule has 3 heteroatoms. The van der Waals surface area contributed by atoms with Gasteiger partial charge in [0, 0.05) is 19.3 Å². The number of hydrogen-bond acceptors (Lipinski definition) is 1. The van der Waals surface area contributed by atoms with Crippen molar-refractivity contribution in [3.05, 3.63) is 28.0 Å². The summed E-state index contributed by atoms with van der Waals surface area (Å²) in [5, 5.41) is 0. The van der Waals surface area contributed by atoms with E-state index in [1.807, 2.05) is 13.1 Å². The van der Waals surface area contributed by atoms with E-state index in [2.05, 4.69) is 20.8 Å². The van der Waals surface area contributed by atoms with Crippen LogP contribution in [-0.2, 0) is 6.42 Å². The van der Waals surface area contributed by atoms with Gasteiger partial charge in [0.25, 0.3) is 0 Å². The molecule has 1 aliphatic heterocycles. The van der Waals surface area contributed by atoms with E-state index in [1.165, 1.54) is 5.56 Å². The summed E-state index contributed by atoms with van der Waals surface area (Å²) in [6.45, 7) is 0.991. The fourth-order valence-electron chi connectivity index (χ4n) is 1.54. The first kappa shape index (κ1) is 8.05. The van der Waals surface area contributed by atoms with E-state index in [4.69, 9.17) is 0 Å². The van der Waals surface area contributed by atoms with Gasteiger partial charge < -0.3 is 4.90 Å². The van der Waals surface area contributed by atoms with Crippen LogP contribution < -0.4 is 4.90 Å². The first-order valence-electron chi connectivity index (χ1n) is 3.87. The van der Waals surface area contributed by atoms with E-state index in [9.17, 15) is 4.39 Å². The normalized spacial score (nSPS) is 15.1. The van der Waals surface area contributed by atoms with Crippen molar-refractivity contribution in [3.63, 3.8) is 0 Å². The minimum atomic E-state index is -0.178. The molecule has 12 heavy (non-hydrogen) atoms. The highest BCUT2D eigenvalue weighted by Crippen LogP contribution is 2.31. The van der Waals surface area contributed by atoms with E-state index in [-0.39, 0.29) is 5.82 Å². The molecule has 0 aliphatic carbocycles. The maximum Gasteiger partial charge on any atom is 0.139 e. The predicted octanol–water partition coefficient (Wildman–Crippen LogP) is 2.58. The topological polar surface area (TPSA) is 3.24 Å². The van der Waals surface area contributed by atoms with Crippen LogP contribution in [0.4, 0.5) is 10.1 Å². The highest BCUT2D eigenvalue weighted by atomic mass is 79.9. The van der Waals surface area contributed by atoms with E-state index in [0.29, 0.717) is 4.47 Å². The summed E-state index contributed by atoms with van der Waals surface area (Å²) in [4.78, 5) is 2.07. The zero-order valence-corrected chi connectivity index (χ0v) is 8.36. The molecule has 0 bridgehead atoms. The molecule has 1 aromatic carbocycles. The maximum absolute atomic E-state index is 13.1. The second kappa shape index (κ2) is 2.73. The Morgan fingerprint density at radius 2 is 2.25 bits per heavy atom. The van der Waals surface area contributed by atoms with Gasteiger partial charge in [0.05, 0.1) is 4.47 Å². The van der Waals surface area contributed by atoms with Crippen LogP contribution >= 0.6 is 15.9 Å². The number of nitrogens with zero attached hydrogens (tertiary/aromatic N) is 1. The molecule has 0 amide bonds. The van der Waals surface area contributed by atoms with Gasteiger partial charge in [-0.25, -0.2) is 4.39 Å². The van der Waals surface area contributed by atoms with E-state index < -0.39 is 0 Å². The van der Waals surface area contributed by atoms with Crippen LogP contribution in [0.25, 0.3) is 0 Å². The quantitative estimate of drug-likeness (QED) is 0.662. The molecule has 1 aliphatic rings. The summed E-state index contributed by atoms with van der Waals surface area (Å²) in [6, 6.07) is 3.46. The van der Waals surface area contributed by atoms with Crippen molar-refractivity contribution < 1.29 is 4.39 Å². The Kier molecular flexibility index (Phi) is 1.83. The highest BCUT2D eigenvalue weighted by Gasteiger charge is 2.17. The SMILES string of the molecule is CN1CCc2cc(Br)c(F)cc21. The summed E-state index contributed by atoms with van der Waals surface area (Å²) in [5.41, 5.74) is 2.25. The van der Waals surface area contributed by atoms with Crippen LogP contribution in [0, 0.1) is 5.82 Å². The third-order valence-electron chi connectivity index (χ3n) is 2.25. The molecule has 0 N–H and O–H groups in total. The molecule has 1 aromatic rings. The van der Waals surface area contributed by atoms with Crippen LogP contribution in [0.5, 0.6) is 0 Å². The fraction of sp³-hybridized carbons (Fsp3) is 0.333. The number of halogens is 2. The number of anilines is 1. The van der Waals surface area contributed by atoms with Crippen LogP contribution in [0.15, 0.2) is 16.6 Å². The Morgan fingerprint density at radius 3 is 3.00 bits per heavy atom. The number of hydrogen-bond donors (Lipinski definition) is 0. The first-order valence-corrected chi connectivity index (χ1v) is 4.67. The van der Waals surface area contributed by atoms with E-state index >= 15 is 0 Å². The van der Waals surface area contributed by atoms with Crippen LogP contribution in [-0.4, -0.2) is 13.6 Å². The molecule has 1 nitrogen and oxygen atoms in total. The number of benzene rings is 1. The van der Waals surface area contributed by atoms with Crippen molar-refractivity contribution in [1.29, 1.82) is 0 Å². The molecule has 0 unspecified atom stereocenters. The molecule has 0 saturated heterocycles. The van der Waals surface area contributed by atoms with Crippen molar-refractivity contribution in [2.24, 2.45) is 0 Å². The molecule has 0 fully saturated rings. The summed E-state index contributed by atoms with van der Waals surface area (Å²) in [6.07, 6.45) is 1.02. The van der Waals surface area contributed by atoms with Crippen molar-refractivity contribution in [2.45, 2.75) is 6.42 Å². The molecule has 2 rings (SSSR count). The Hall–Kier alpha value is -0.570. The third kappa shape index (κ3) is 1.12. The molecule has 0 aromatic heterocycles. The summed E-state index contributed by atoms with van der Waals surface area (Å²) >= 11 is 3.18. The molecular weight excluding hydrogens is 221 g/mol. The Bertz CT molecular complexity index is 325. The number of fused-ring (bicyclic) bond motifs is 1. The predicted molar refractivity (Wildman–Crippen MR) is 51.1 cm³/mol. The monoisotopic (exact) mass is 229 g/mol. The third-order valence-corrected chi connectivity index (χ3v) is 2.86. The van der Waals surface area contributed by atoms with Gasteiger partial charge in [-0.15, -0.1) is 0 Å². The standard InChI is InChI=1S/C9H9BrFN/c1-12-3-2-6-4-7(10)8(11)5-9(6)12/h4-5H,2-3H2,1H3. The lowest BCUT2D eigenvalue weighted by atomic mass is 10.2. The molecule has 64 valence electrons. The van der Waals surface area contributed by atoms with Crippen LogP contribution in [0.2, 0.25) is 0 Å². The molecule has 0 radical (unpaired) electrons. The molecular formula is C9H9BrFN. The van der Waals surface area contributed by atoms with Gasteiger partial charge in [-0.05, 0) is 40.0 Å². The van der Waals surface area contributed by atoms with Gasteiger partial charge >= 0.3 is 0 Å². The summed E-state index contributed by atoms with van der Waals surface area (Å²) < 4.78 is 13.6. The van der Waals surface area contributed by atoms with Gasteiger partial charge in [-0.3, -0.25) is 0 Å². The molecule has 1 heterocycles. The molecule has 0 spiro atoms. The minimum absolute atomic E-state index is 0.178.